The molecule has 0 saturated carbocycles. The summed E-state index contributed by atoms with van der Waals surface area (Å²) in [7, 11) is 0. The topological polar surface area (TPSA) is 16.4 Å². The summed E-state index contributed by atoms with van der Waals surface area (Å²) >= 11 is 0. The SMILES string of the molecule is c1ccc(-c2ccc(-c3ccc(N(c4cccc(-c5ccccc5)c4)c4cccc(-c5ccccc5)c4-c4cccc5c4oc4cc6ccccc6cc45)cc3-c3ccccc3)cc2)cc1. The van der Waals surface area contributed by atoms with Gasteiger partial charge in [-0.3, -0.25) is 0 Å². The first-order chi connectivity index (χ1) is 32.7. The van der Waals surface area contributed by atoms with Gasteiger partial charge in [-0.2, -0.15) is 0 Å². The maximum atomic E-state index is 7.02. The minimum Gasteiger partial charge on any atom is -0.455 e. The Labute approximate surface area is 384 Å². The number of para-hydroxylation sites is 1. The van der Waals surface area contributed by atoms with Gasteiger partial charge in [0.1, 0.15) is 11.2 Å². The third-order valence-corrected chi connectivity index (χ3v) is 12.9. The molecule has 1 aromatic heterocycles. The Hall–Kier alpha value is -8.72. The Bertz CT molecular complexity index is 3670. The molecule has 0 unspecified atom stereocenters. The number of hydrogen-bond acceptors (Lipinski definition) is 2. The zero-order chi connectivity index (χ0) is 43.8. The van der Waals surface area contributed by atoms with E-state index in [1.807, 2.05) is 0 Å². The molecule has 0 N–H and O–H groups in total. The van der Waals surface area contributed by atoms with Crippen LogP contribution in [0.3, 0.4) is 0 Å². The lowest BCUT2D eigenvalue weighted by molar-refractivity contribution is 0.670. The van der Waals surface area contributed by atoms with Gasteiger partial charge in [-0.15, -0.1) is 0 Å². The van der Waals surface area contributed by atoms with Gasteiger partial charge in [0.15, 0.2) is 0 Å². The third-order valence-electron chi connectivity index (χ3n) is 12.9. The normalized spacial score (nSPS) is 11.3. The van der Waals surface area contributed by atoms with Crippen LogP contribution in [0.5, 0.6) is 0 Å². The fourth-order valence-corrected chi connectivity index (χ4v) is 9.68. The molecular formula is C64H43NO. The maximum absolute atomic E-state index is 7.02. The van der Waals surface area contributed by atoms with Crippen molar-refractivity contribution in [2.45, 2.75) is 0 Å². The number of rotatable bonds is 9. The Morgan fingerprint density at radius 3 is 1.47 bits per heavy atom. The van der Waals surface area contributed by atoms with E-state index >= 15 is 0 Å². The van der Waals surface area contributed by atoms with Crippen molar-refractivity contribution in [3.05, 3.63) is 261 Å². The lowest BCUT2D eigenvalue weighted by Gasteiger charge is -2.30. The molecule has 0 amide bonds. The molecule has 12 rings (SSSR count). The molecule has 66 heavy (non-hydrogen) atoms. The van der Waals surface area contributed by atoms with Crippen LogP contribution in [0.25, 0.3) is 99.5 Å². The molecule has 0 saturated heterocycles. The summed E-state index contributed by atoms with van der Waals surface area (Å²) in [5.74, 6) is 0. The molecule has 0 spiro atoms. The molecule has 0 fully saturated rings. The van der Waals surface area contributed by atoms with Crippen molar-refractivity contribution in [2.24, 2.45) is 0 Å². The number of benzene rings is 11. The fraction of sp³-hybridized carbons (Fsp3) is 0. The highest BCUT2D eigenvalue weighted by atomic mass is 16.3. The van der Waals surface area contributed by atoms with Crippen molar-refractivity contribution in [1.29, 1.82) is 0 Å². The largest absolute Gasteiger partial charge is 0.455 e. The summed E-state index contributed by atoms with van der Waals surface area (Å²) in [5.41, 5.74) is 18.6. The van der Waals surface area contributed by atoms with Gasteiger partial charge in [0, 0.05) is 33.3 Å². The van der Waals surface area contributed by atoms with E-state index in [9.17, 15) is 0 Å². The van der Waals surface area contributed by atoms with Crippen LogP contribution in [0.1, 0.15) is 0 Å². The molecule has 310 valence electrons. The number of anilines is 3. The summed E-state index contributed by atoms with van der Waals surface area (Å²) in [6.45, 7) is 0. The molecule has 0 bridgehead atoms. The molecule has 11 aromatic carbocycles. The Kier molecular flexibility index (Phi) is 9.89. The first-order valence-electron chi connectivity index (χ1n) is 22.6. The summed E-state index contributed by atoms with van der Waals surface area (Å²) < 4.78 is 7.02. The summed E-state index contributed by atoms with van der Waals surface area (Å²) in [5, 5.41) is 4.55. The van der Waals surface area contributed by atoms with Gasteiger partial charge in [-0.05, 0) is 109 Å². The first-order valence-corrected chi connectivity index (χ1v) is 22.6. The van der Waals surface area contributed by atoms with Crippen LogP contribution >= 0.6 is 0 Å². The van der Waals surface area contributed by atoms with E-state index in [4.69, 9.17) is 4.42 Å². The summed E-state index contributed by atoms with van der Waals surface area (Å²) in [6, 6.07) is 93.9. The number of fused-ring (bicyclic) bond motifs is 4. The van der Waals surface area contributed by atoms with E-state index in [1.54, 1.807) is 0 Å². The smallest absolute Gasteiger partial charge is 0.143 e. The predicted molar refractivity (Wildman–Crippen MR) is 279 cm³/mol. The second-order valence-corrected chi connectivity index (χ2v) is 16.8. The van der Waals surface area contributed by atoms with Crippen LogP contribution in [0, 0.1) is 0 Å². The zero-order valence-electron chi connectivity index (χ0n) is 36.2. The van der Waals surface area contributed by atoms with Crippen molar-refractivity contribution in [2.75, 3.05) is 4.90 Å². The minimum atomic E-state index is 0.865. The van der Waals surface area contributed by atoms with Gasteiger partial charge in [-0.25, -0.2) is 0 Å². The van der Waals surface area contributed by atoms with Crippen LogP contribution < -0.4 is 4.90 Å². The lowest BCUT2D eigenvalue weighted by atomic mass is 9.90. The van der Waals surface area contributed by atoms with Crippen LogP contribution in [-0.2, 0) is 0 Å². The summed E-state index contributed by atoms with van der Waals surface area (Å²) in [4.78, 5) is 2.44. The quantitative estimate of drug-likeness (QED) is 0.144. The van der Waals surface area contributed by atoms with Crippen LogP contribution in [-0.4, -0.2) is 0 Å². The molecule has 0 aliphatic carbocycles. The molecule has 0 radical (unpaired) electrons. The fourth-order valence-electron chi connectivity index (χ4n) is 9.68. The van der Waals surface area contributed by atoms with Crippen molar-refractivity contribution < 1.29 is 4.42 Å². The molecular weight excluding hydrogens is 799 g/mol. The van der Waals surface area contributed by atoms with Crippen LogP contribution in [0.4, 0.5) is 17.1 Å². The number of furan rings is 1. The summed E-state index contributed by atoms with van der Waals surface area (Å²) in [6.07, 6.45) is 0. The lowest BCUT2D eigenvalue weighted by Crippen LogP contribution is -2.12. The van der Waals surface area contributed by atoms with Gasteiger partial charge >= 0.3 is 0 Å². The van der Waals surface area contributed by atoms with E-state index in [-0.39, 0.29) is 0 Å². The highest BCUT2D eigenvalue weighted by Gasteiger charge is 2.25. The number of hydrogen-bond donors (Lipinski definition) is 0. The van der Waals surface area contributed by atoms with Crippen molar-refractivity contribution >= 4 is 49.8 Å². The van der Waals surface area contributed by atoms with Gasteiger partial charge in [0.05, 0.1) is 5.69 Å². The standard InChI is InChI=1S/C64H43NO/c1-5-18-44(19-6-1)46-34-36-49(37-35-46)55-39-38-54(43-59(55)48-24-11-4-12-25-48)65(53-29-15-28-50(40-53)45-20-7-2-8-21-45)61-33-17-30-56(47-22-9-3-10-23-47)63(61)58-32-16-31-57-60-41-51-26-13-14-27-52(51)42-62(60)66-64(57)58/h1-43H. The maximum Gasteiger partial charge on any atom is 0.143 e. The molecule has 0 aliphatic heterocycles. The number of nitrogens with zero attached hydrogens (tertiary/aromatic N) is 1. The first kappa shape index (κ1) is 38.9. The second kappa shape index (κ2) is 16.8. The Morgan fingerprint density at radius 2 is 0.773 bits per heavy atom. The van der Waals surface area contributed by atoms with Crippen molar-refractivity contribution in [1.82, 2.24) is 0 Å². The minimum absolute atomic E-state index is 0.865. The van der Waals surface area contributed by atoms with Gasteiger partial charge in [0.2, 0.25) is 0 Å². The van der Waals surface area contributed by atoms with E-state index in [2.05, 4.69) is 266 Å². The van der Waals surface area contributed by atoms with Gasteiger partial charge < -0.3 is 9.32 Å². The molecule has 12 aromatic rings. The van der Waals surface area contributed by atoms with Gasteiger partial charge in [-0.1, -0.05) is 218 Å². The van der Waals surface area contributed by atoms with Crippen LogP contribution in [0.2, 0.25) is 0 Å². The average Bonchev–Trinajstić information content (AvgIpc) is 3.77. The molecule has 2 heteroatoms. The van der Waals surface area contributed by atoms with E-state index in [1.165, 1.54) is 22.1 Å². The van der Waals surface area contributed by atoms with Crippen molar-refractivity contribution in [3.63, 3.8) is 0 Å². The van der Waals surface area contributed by atoms with E-state index in [0.29, 0.717) is 0 Å². The zero-order valence-corrected chi connectivity index (χ0v) is 36.2. The molecule has 2 nitrogen and oxygen atoms in total. The third kappa shape index (κ3) is 7.12. The predicted octanol–water partition coefficient (Wildman–Crippen LogP) is 18.2. The highest BCUT2D eigenvalue weighted by molar-refractivity contribution is 6.15. The van der Waals surface area contributed by atoms with E-state index in [0.717, 1.165) is 94.5 Å². The monoisotopic (exact) mass is 841 g/mol. The second-order valence-electron chi connectivity index (χ2n) is 16.8. The molecule has 0 aliphatic rings. The molecule has 1 heterocycles. The van der Waals surface area contributed by atoms with E-state index < -0.39 is 0 Å². The van der Waals surface area contributed by atoms with Gasteiger partial charge in [0.25, 0.3) is 0 Å². The highest BCUT2D eigenvalue weighted by Crippen LogP contribution is 2.50. The van der Waals surface area contributed by atoms with Crippen molar-refractivity contribution in [3.8, 4) is 66.8 Å². The Morgan fingerprint density at radius 1 is 0.273 bits per heavy atom. The van der Waals surface area contributed by atoms with Crippen LogP contribution in [0.15, 0.2) is 265 Å². The average molecular weight is 842 g/mol. The Balaban J connectivity index is 1.12. The molecule has 0 atom stereocenters.